The number of aryl methyl sites for hydroxylation is 1. The minimum atomic E-state index is -4.37. The topological polar surface area (TPSA) is 44.4 Å². The van der Waals surface area contributed by atoms with Gasteiger partial charge >= 0.3 is 6.18 Å². The lowest BCUT2D eigenvalue weighted by molar-refractivity contribution is -0.183. The van der Waals surface area contributed by atoms with Crippen molar-refractivity contribution in [3.05, 3.63) is 34.9 Å². The molecule has 0 bridgehead atoms. The molecule has 136 valence electrons. The Labute approximate surface area is 146 Å². The highest BCUT2D eigenvalue weighted by atomic mass is 35.5. The molecule has 1 aromatic rings. The van der Waals surface area contributed by atoms with Crippen molar-refractivity contribution in [1.29, 1.82) is 0 Å². The van der Waals surface area contributed by atoms with E-state index in [1.165, 1.54) is 4.90 Å². The zero-order chi connectivity index (χ0) is 17.0. The van der Waals surface area contributed by atoms with Crippen LogP contribution in [0.15, 0.2) is 18.2 Å². The summed E-state index contributed by atoms with van der Waals surface area (Å²) in [6.07, 6.45) is -4.37. The Balaban J connectivity index is 0.00000288. The molecule has 1 aromatic carbocycles. The van der Waals surface area contributed by atoms with Gasteiger partial charge in [-0.1, -0.05) is 12.1 Å². The van der Waals surface area contributed by atoms with Crippen LogP contribution in [0.25, 0.3) is 0 Å². The fourth-order valence-corrected chi connectivity index (χ4v) is 2.73. The van der Waals surface area contributed by atoms with Gasteiger partial charge in [0.25, 0.3) is 5.91 Å². The number of carbonyl (C=O) groups is 1. The van der Waals surface area contributed by atoms with Crippen LogP contribution in [-0.2, 0) is 0 Å². The summed E-state index contributed by atoms with van der Waals surface area (Å²) in [5.41, 5.74) is 2.15. The predicted octanol–water partition coefficient (Wildman–Crippen LogP) is 2.29. The van der Waals surface area contributed by atoms with Gasteiger partial charge in [-0.15, -0.1) is 12.4 Å². The Morgan fingerprint density at radius 1 is 1.29 bits per heavy atom. The Bertz CT molecular complexity index is 560. The highest BCUT2D eigenvalue weighted by Gasteiger charge is 2.43. The van der Waals surface area contributed by atoms with Crippen molar-refractivity contribution in [2.24, 2.45) is 0 Å². The number of carbonyl (C=O) groups excluding carboxylic acids is 1. The number of nitrogens with zero attached hydrogens (tertiary/aromatic N) is 1. The Kier molecular flexibility index (Phi) is 7.51. The van der Waals surface area contributed by atoms with Crippen molar-refractivity contribution in [3.63, 3.8) is 0 Å². The van der Waals surface area contributed by atoms with Crippen molar-refractivity contribution in [2.75, 3.05) is 32.7 Å². The molecule has 1 aliphatic rings. The number of amides is 1. The average Bonchev–Trinajstić information content (AvgIpc) is 2.50. The summed E-state index contributed by atoms with van der Waals surface area (Å²) >= 11 is 0. The number of hydrogen-bond acceptors (Lipinski definition) is 3. The molecule has 8 heteroatoms. The number of piperazine rings is 1. The molecule has 2 N–H and O–H groups in total. The average molecular weight is 366 g/mol. The van der Waals surface area contributed by atoms with Gasteiger partial charge in [0.1, 0.15) is 6.04 Å². The van der Waals surface area contributed by atoms with Crippen LogP contribution in [-0.4, -0.2) is 55.7 Å². The zero-order valence-electron chi connectivity index (χ0n) is 13.7. The number of benzene rings is 1. The molecule has 1 saturated heterocycles. The first-order valence-electron chi connectivity index (χ1n) is 7.66. The molecule has 0 radical (unpaired) electrons. The molecule has 0 saturated carbocycles. The number of rotatable bonds is 4. The molecule has 0 aliphatic carbocycles. The molecule has 1 atom stereocenters. The lowest BCUT2D eigenvalue weighted by atomic mass is 10.0. The molecular weight excluding hydrogens is 343 g/mol. The summed E-state index contributed by atoms with van der Waals surface area (Å²) < 4.78 is 39.9. The van der Waals surface area contributed by atoms with Crippen LogP contribution in [0, 0.1) is 13.8 Å². The molecule has 24 heavy (non-hydrogen) atoms. The van der Waals surface area contributed by atoms with E-state index in [1.807, 2.05) is 13.0 Å². The van der Waals surface area contributed by atoms with Crippen LogP contribution in [0.5, 0.6) is 0 Å². The van der Waals surface area contributed by atoms with Gasteiger partial charge in [0.05, 0.1) is 0 Å². The number of halogens is 4. The van der Waals surface area contributed by atoms with E-state index < -0.39 is 24.7 Å². The lowest BCUT2D eigenvalue weighted by Crippen LogP contribution is -2.57. The molecular formula is C16H23ClF3N3O. The fraction of sp³-hybridized carbons (Fsp3) is 0.562. The molecule has 1 fully saturated rings. The maximum atomic E-state index is 13.3. The molecule has 4 nitrogen and oxygen atoms in total. The molecule has 1 amide bonds. The van der Waals surface area contributed by atoms with E-state index in [-0.39, 0.29) is 12.4 Å². The summed E-state index contributed by atoms with van der Waals surface area (Å²) in [4.78, 5) is 13.6. The second-order valence-corrected chi connectivity index (χ2v) is 5.80. The summed E-state index contributed by atoms with van der Waals surface area (Å²) in [6.45, 7) is 4.92. The van der Waals surface area contributed by atoms with E-state index in [9.17, 15) is 18.0 Å². The van der Waals surface area contributed by atoms with Crippen LogP contribution >= 0.6 is 12.4 Å². The van der Waals surface area contributed by atoms with Crippen LogP contribution in [0.3, 0.4) is 0 Å². The van der Waals surface area contributed by atoms with Gasteiger partial charge in [-0.25, -0.2) is 0 Å². The Hall–Kier alpha value is -1.31. The van der Waals surface area contributed by atoms with Crippen LogP contribution < -0.4 is 10.6 Å². The zero-order valence-corrected chi connectivity index (χ0v) is 14.6. The van der Waals surface area contributed by atoms with Gasteiger partial charge in [-0.2, -0.15) is 13.2 Å². The quantitative estimate of drug-likeness (QED) is 0.860. The Morgan fingerprint density at radius 2 is 1.92 bits per heavy atom. The van der Waals surface area contributed by atoms with Crippen LogP contribution in [0.4, 0.5) is 13.2 Å². The molecule has 0 aromatic heterocycles. The van der Waals surface area contributed by atoms with Gasteiger partial charge in [0.2, 0.25) is 0 Å². The van der Waals surface area contributed by atoms with E-state index in [0.29, 0.717) is 31.7 Å². The van der Waals surface area contributed by atoms with Gasteiger partial charge in [-0.05, 0) is 31.0 Å². The normalized spacial score (nSPS) is 17.0. The van der Waals surface area contributed by atoms with Crippen molar-refractivity contribution in [2.45, 2.75) is 26.1 Å². The number of nitrogens with one attached hydrogen (secondary N) is 2. The van der Waals surface area contributed by atoms with Crippen LogP contribution in [0.2, 0.25) is 0 Å². The summed E-state index contributed by atoms with van der Waals surface area (Å²) in [6, 6.07) is 3.57. The molecule has 0 spiro atoms. The standard InChI is InChI=1S/C16H22F3N3O.ClH/c1-11-4-3-5-13(12(11)2)15(23)21-10-14(16(17,18)19)22-8-6-20-7-9-22;/h3-5,14,20H,6-10H2,1-2H3,(H,21,23);1H. The van der Waals surface area contributed by atoms with E-state index in [1.54, 1.807) is 19.1 Å². The van der Waals surface area contributed by atoms with Crippen molar-refractivity contribution >= 4 is 18.3 Å². The molecule has 1 heterocycles. The SMILES string of the molecule is Cc1cccc(C(=O)NCC(N2CCNCC2)C(F)(F)F)c1C.Cl. The highest BCUT2D eigenvalue weighted by molar-refractivity contribution is 5.95. The maximum absolute atomic E-state index is 13.3. The first-order chi connectivity index (χ1) is 10.8. The lowest BCUT2D eigenvalue weighted by Gasteiger charge is -2.36. The first-order valence-corrected chi connectivity index (χ1v) is 7.66. The minimum Gasteiger partial charge on any atom is -0.350 e. The third kappa shape index (κ3) is 5.09. The molecule has 1 unspecified atom stereocenters. The number of hydrogen-bond donors (Lipinski definition) is 2. The number of alkyl halides is 3. The van der Waals surface area contributed by atoms with E-state index in [2.05, 4.69) is 10.6 Å². The molecule has 1 aliphatic heterocycles. The third-order valence-corrected chi connectivity index (χ3v) is 4.28. The van der Waals surface area contributed by atoms with Crippen molar-refractivity contribution < 1.29 is 18.0 Å². The summed E-state index contributed by atoms with van der Waals surface area (Å²) in [7, 11) is 0. The van der Waals surface area contributed by atoms with Gasteiger partial charge in [-0.3, -0.25) is 9.69 Å². The fourth-order valence-electron chi connectivity index (χ4n) is 2.73. The van der Waals surface area contributed by atoms with E-state index >= 15 is 0 Å². The van der Waals surface area contributed by atoms with E-state index in [0.717, 1.165) is 11.1 Å². The third-order valence-electron chi connectivity index (χ3n) is 4.28. The van der Waals surface area contributed by atoms with E-state index in [4.69, 9.17) is 0 Å². The monoisotopic (exact) mass is 365 g/mol. The smallest absolute Gasteiger partial charge is 0.350 e. The van der Waals surface area contributed by atoms with Gasteiger partial charge < -0.3 is 10.6 Å². The highest BCUT2D eigenvalue weighted by Crippen LogP contribution is 2.25. The molecule has 2 rings (SSSR count). The Morgan fingerprint density at radius 3 is 2.50 bits per heavy atom. The van der Waals surface area contributed by atoms with Crippen molar-refractivity contribution in [3.8, 4) is 0 Å². The van der Waals surface area contributed by atoms with Gasteiger partial charge in [0, 0.05) is 38.3 Å². The largest absolute Gasteiger partial charge is 0.405 e. The van der Waals surface area contributed by atoms with Gasteiger partial charge in [0.15, 0.2) is 0 Å². The second-order valence-electron chi connectivity index (χ2n) is 5.80. The summed E-state index contributed by atoms with van der Waals surface area (Å²) in [5, 5.41) is 5.48. The predicted molar refractivity (Wildman–Crippen MR) is 89.8 cm³/mol. The maximum Gasteiger partial charge on any atom is 0.405 e. The summed E-state index contributed by atoms with van der Waals surface area (Å²) in [5.74, 6) is -0.462. The minimum absolute atomic E-state index is 0. The second kappa shape index (κ2) is 8.69. The van der Waals surface area contributed by atoms with Crippen LogP contribution in [0.1, 0.15) is 21.5 Å². The van der Waals surface area contributed by atoms with Crippen molar-refractivity contribution in [1.82, 2.24) is 15.5 Å². The first kappa shape index (κ1) is 20.7.